The summed E-state index contributed by atoms with van der Waals surface area (Å²) in [6.07, 6.45) is 0.796. The monoisotopic (exact) mass is 247 g/mol. The highest BCUT2D eigenvalue weighted by Crippen LogP contribution is 2.10. The number of hydrogen-bond donors (Lipinski definition) is 2. The number of hydrogen-bond acceptors (Lipinski definition) is 6. The number of fused-ring (bicyclic) bond motifs is 1. The number of nitrogens with one attached hydrogen (secondary N) is 1. The lowest BCUT2D eigenvalue weighted by Gasteiger charge is -2.16. The van der Waals surface area contributed by atoms with Gasteiger partial charge in [0.05, 0.1) is 18.2 Å². The van der Waals surface area contributed by atoms with Crippen molar-refractivity contribution < 1.29 is 4.74 Å². The molecule has 1 unspecified atom stereocenters. The molecule has 1 aromatic carbocycles. The van der Waals surface area contributed by atoms with E-state index in [1.54, 1.807) is 7.11 Å². The molecule has 0 aliphatic rings. The number of anilines is 1. The van der Waals surface area contributed by atoms with Crippen LogP contribution in [0.5, 0.6) is 0 Å². The van der Waals surface area contributed by atoms with Gasteiger partial charge in [0.1, 0.15) is 5.52 Å². The number of para-hydroxylation sites is 1. The minimum atomic E-state index is 0.1000. The first kappa shape index (κ1) is 12.7. The van der Waals surface area contributed by atoms with Crippen LogP contribution in [0.2, 0.25) is 0 Å². The standard InChI is InChI=1S/C12H17N5O/c1-18-8-9(6-7-13)14-12-15-10-4-2-3-5-11(10)16-17-12/h2-5,9H,6-8,13H2,1H3,(H,14,15,17). The van der Waals surface area contributed by atoms with Gasteiger partial charge in [-0.1, -0.05) is 12.1 Å². The van der Waals surface area contributed by atoms with Crippen molar-refractivity contribution >= 4 is 17.0 Å². The summed E-state index contributed by atoms with van der Waals surface area (Å²) in [5.41, 5.74) is 7.15. The highest BCUT2D eigenvalue weighted by atomic mass is 16.5. The van der Waals surface area contributed by atoms with Crippen LogP contribution >= 0.6 is 0 Å². The molecule has 0 spiro atoms. The Bertz CT molecular complexity index is 499. The zero-order valence-electron chi connectivity index (χ0n) is 10.3. The van der Waals surface area contributed by atoms with Gasteiger partial charge in [-0.05, 0) is 25.1 Å². The van der Waals surface area contributed by atoms with Crippen molar-refractivity contribution in [2.45, 2.75) is 12.5 Å². The maximum absolute atomic E-state index is 5.55. The summed E-state index contributed by atoms with van der Waals surface area (Å²) in [6, 6.07) is 7.72. The summed E-state index contributed by atoms with van der Waals surface area (Å²) in [5.74, 6) is 0.504. The molecule has 1 heterocycles. The van der Waals surface area contributed by atoms with E-state index >= 15 is 0 Å². The first-order chi connectivity index (χ1) is 8.83. The predicted molar refractivity (Wildman–Crippen MR) is 70.3 cm³/mol. The third-order valence-electron chi connectivity index (χ3n) is 2.58. The van der Waals surface area contributed by atoms with E-state index in [0.29, 0.717) is 19.1 Å². The summed E-state index contributed by atoms with van der Waals surface area (Å²) >= 11 is 0. The van der Waals surface area contributed by atoms with Gasteiger partial charge in [0.2, 0.25) is 5.95 Å². The summed E-state index contributed by atoms with van der Waals surface area (Å²) in [6.45, 7) is 1.15. The number of ether oxygens (including phenoxy) is 1. The Morgan fingerprint density at radius 2 is 2.06 bits per heavy atom. The van der Waals surface area contributed by atoms with Crippen molar-refractivity contribution in [3.8, 4) is 0 Å². The van der Waals surface area contributed by atoms with Crippen molar-refractivity contribution in [1.82, 2.24) is 15.2 Å². The average molecular weight is 247 g/mol. The first-order valence-electron chi connectivity index (χ1n) is 5.88. The van der Waals surface area contributed by atoms with Gasteiger partial charge in [0, 0.05) is 7.11 Å². The Hall–Kier alpha value is -1.79. The molecular weight excluding hydrogens is 230 g/mol. The third kappa shape index (κ3) is 3.12. The van der Waals surface area contributed by atoms with Crippen LogP contribution in [-0.4, -0.2) is 41.5 Å². The molecule has 0 saturated carbocycles. The van der Waals surface area contributed by atoms with Crippen molar-refractivity contribution in [3.63, 3.8) is 0 Å². The van der Waals surface area contributed by atoms with E-state index in [2.05, 4.69) is 20.5 Å². The molecule has 0 bridgehead atoms. The Labute approximate surface area is 106 Å². The van der Waals surface area contributed by atoms with Gasteiger partial charge in [-0.25, -0.2) is 4.98 Å². The van der Waals surface area contributed by atoms with Gasteiger partial charge in [0.15, 0.2) is 0 Å². The molecule has 96 valence electrons. The van der Waals surface area contributed by atoms with E-state index in [1.165, 1.54) is 0 Å². The minimum absolute atomic E-state index is 0.1000. The van der Waals surface area contributed by atoms with E-state index in [1.807, 2.05) is 24.3 Å². The first-order valence-corrected chi connectivity index (χ1v) is 5.88. The van der Waals surface area contributed by atoms with Crippen LogP contribution in [-0.2, 0) is 4.74 Å². The number of methoxy groups -OCH3 is 1. The molecule has 0 aliphatic carbocycles. The Kier molecular flexibility index (Phi) is 4.38. The topological polar surface area (TPSA) is 86.0 Å². The molecule has 6 nitrogen and oxygen atoms in total. The van der Waals surface area contributed by atoms with Crippen molar-refractivity contribution in [2.75, 3.05) is 25.6 Å². The fourth-order valence-corrected chi connectivity index (χ4v) is 1.72. The minimum Gasteiger partial charge on any atom is -0.383 e. The van der Waals surface area contributed by atoms with E-state index in [-0.39, 0.29) is 6.04 Å². The molecule has 0 amide bonds. The summed E-state index contributed by atoms with van der Waals surface area (Å²) < 4.78 is 5.12. The molecule has 18 heavy (non-hydrogen) atoms. The van der Waals surface area contributed by atoms with Gasteiger partial charge >= 0.3 is 0 Å². The summed E-state index contributed by atoms with van der Waals surface area (Å²) in [7, 11) is 1.66. The second-order valence-electron chi connectivity index (χ2n) is 4.00. The van der Waals surface area contributed by atoms with Gasteiger partial charge in [-0.2, -0.15) is 0 Å². The molecule has 1 aromatic heterocycles. The summed E-state index contributed by atoms with van der Waals surface area (Å²) in [4.78, 5) is 4.40. The van der Waals surface area contributed by atoms with Crippen LogP contribution in [0.25, 0.3) is 11.0 Å². The molecule has 3 N–H and O–H groups in total. The molecule has 1 atom stereocenters. The van der Waals surface area contributed by atoms with E-state index in [9.17, 15) is 0 Å². The van der Waals surface area contributed by atoms with Gasteiger partial charge < -0.3 is 15.8 Å². The number of nitrogens with zero attached hydrogens (tertiary/aromatic N) is 3. The Balaban J connectivity index is 2.14. The van der Waals surface area contributed by atoms with Gasteiger partial charge in [-0.3, -0.25) is 0 Å². The Morgan fingerprint density at radius 3 is 2.78 bits per heavy atom. The SMILES string of the molecule is COCC(CCN)Nc1nnc2ccccc2n1. The van der Waals surface area contributed by atoms with Crippen LogP contribution in [0.1, 0.15) is 6.42 Å². The highest BCUT2D eigenvalue weighted by Gasteiger charge is 2.09. The van der Waals surface area contributed by atoms with E-state index in [0.717, 1.165) is 17.5 Å². The van der Waals surface area contributed by atoms with Gasteiger partial charge in [-0.15, -0.1) is 10.2 Å². The maximum atomic E-state index is 5.55. The number of nitrogens with two attached hydrogens (primary N) is 1. The molecule has 0 aliphatic heterocycles. The Morgan fingerprint density at radius 1 is 1.28 bits per heavy atom. The molecule has 0 saturated heterocycles. The predicted octanol–water partition coefficient (Wildman–Crippen LogP) is 0.800. The molecule has 6 heteroatoms. The van der Waals surface area contributed by atoms with Crippen LogP contribution in [0, 0.1) is 0 Å². The molecular formula is C12H17N5O. The number of aromatic nitrogens is 3. The van der Waals surface area contributed by atoms with Crippen LogP contribution in [0.15, 0.2) is 24.3 Å². The molecule has 0 fully saturated rings. The lowest BCUT2D eigenvalue weighted by atomic mass is 10.2. The lowest BCUT2D eigenvalue weighted by molar-refractivity contribution is 0.183. The van der Waals surface area contributed by atoms with Gasteiger partial charge in [0.25, 0.3) is 0 Å². The average Bonchev–Trinajstić information content (AvgIpc) is 2.39. The number of benzene rings is 1. The second kappa shape index (κ2) is 6.23. The van der Waals surface area contributed by atoms with Crippen molar-refractivity contribution in [1.29, 1.82) is 0 Å². The summed E-state index contributed by atoms with van der Waals surface area (Å²) in [5, 5.41) is 11.3. The zero-order valence-corrected chi connectivity index (χ0v) is 10.3. The normalized spacial score (nSPS) is 12.6. The smallest absolute Gasteiger partial charge is 0.243 e. The van der Waals surface area contributed by atoms with Crippen molar-refractivity contribution in [3.05, 3.63) is 24.3 Å². The van der Waals surface area contributed by atoms with Crippen molar-refractivity contribution in [2.24, 2.45) is 5.73 Å². The quantitative estimate of drug-likeness (QED) is 0.785. The van der Waals surface area contributed by atoms with Crippen LogP contribution < -0.4 is 11.1 Å². The van der Waals surface area contributed by atoms with Crippen LogP contribution in [0.3, 0.4) is 0 Å². The third-order valence-corrected chi connectivity index (χ3v) is 2.58. The maximum Gasteiger partial charge on any atom is 0.243 e. The number of rotatable bonds is 6. The fourth-order valence-electron chi connectivity index (χ4n) is 1.72. The van der Waals surface area contributed by atoms with Crippen LogP contribution in [0.4, 0.5) is 5.95 Å². The largest absolute Gasteiger partial charge is 0.383 e. The van der Waals surface area contributed by atoms with E-state index < -0.39 is 0 Å². The lowest BCUT2D eigenvalue weighted by Crippen LogP contribution is -2.28. The molecule has 2 aromatic rings. The van der Waals surface area contributed by atoms with E-state index in [4.69, 9.17) is 10.5 Å². The molecule has 2 rings (SSSR count). The highest BCUT2D eigenvalue weighted by molar-refractivity contribution is 5.74. The molecule has 0 radical (unpaired) electrons. The fraction of sp³-hybridized carbons (Fsp3) is 0.417. The second-order valence-corrected chi connectivity index (χ2v) is 4.00. The zero-order chi connectivity index (χ0) is 12.8.